The third-order valence-electron chi connectivity index (χ3n) is 2.06. The quantitative estimate of drug-likeness (QED) is 0.466. The lowest BCUT2D eigenvalue weighted by atomic mass is 10.3. The van der Waals surface area contributed by atoms with Crippen molar-refractivity contribution in [2.24, 2.45) is 0 Å². The molecule has 0 amide bonds. The van der Waals surface area contributed by atoms with E-state index in [4.69, 9.17) is 14.7 Å². The molecule has 1 aromatic rings. The fourth-order valence-corrected chi connectivity index (χ4v) is 2.24. The molecule has 1 aliphatic rings. The van der Waals surface area contributed by atoms with Crippen molar-refractivity contribution in [3.05, 3.63) is 24.3 Å². The van der Waals surface area contributed by atoms with Crippen LogP contribution in [0.5, 0.6) is 0 Å². The Morgan fingerprint density at radius 1 is 1.67 bits per heavy atom. The highest BCUT2D eigenvalue weighted by atomic mass is 32.2. The van der Waals surface area contributed by atoms with Gasteiger partial charge in [0.05, 0.1) is 18.1 Å². The third kappa shape index (κ3) is 2.71. The Hall–Kier alpha value is -1.04. The van der Waals surface area contributed by atoms with E-state index < -0.39 is 9.80 Å². The average Bonchev–Trinajstić information content (AvgIpc) is 2.98. The predicted molar refractivity (Wildman–Crippen MR) is 60.1 cm³/mol. The summed E-state index contributed by atoms with van der Waals surface area (Å²) >= 11 is 0. The maximum absolute atomic E-state index is 12.0. The van der Waals surface area contributed by atoms with Gasteiger partial charge in [-0.1, -0.05) is 6.07 Å². The van der Waals surface area contributed by atoms with Crippen molar-refractivity contribution in [2.75, 3.05) is 18.9 Å². The van der Waals surface area contributed by atoms with E-state index in [1.54, 1.807) is 24.3 Å². The molecule has 0 aliphatic carbocycles. The van der Waals surface area contributed by atoms with Gasteiger partial charge in [0.15, 0.2) is 0 Å². The molecule has 82 valence electrons. The van der Waals surface area contributed by atoms with Gasteiger partial charge < -0.3 is 10.5 Å². The van der Waals surface area contributed by atoms with Crippen molar-refractivity contribution in [1.82, 2.24) is 0 Å². The molecule has 1 heterocycles. The summed E-state index contributed by atoms with van der Waals surface area (Å²) in [5.74, 6) is 3.58. The van der Waals surface area contributed by atoms with Crippen molar-refractivity contribution < 1.29 is 13.1 Å². The van der Waals surface area contributed by atoms with Gasteiger partial charge in [-0.15, -0.1) is 0 Å². The molecule has 0 spiro atoms. The highest BCUT2D eigenvalue weighted by molar-refractivity contribution is 7.96. The number of rotatable bonds is 4. The Kier molecular flexibility index (Phi) is 2.68. The maximum atomic E-state index is 12.0. The van der Waals surface area contributed by atoms with Crippen LogP contribution in [0.2, 0.25) is 0 Å². The van der Waals surface area contributed by atoms with Gasteiger partial charge in [0.2, 0.25) is 0 Å². The summed E-state index contributed by atoms with van der Waals surface area (Å²) < 4.78 is 22.2. The van der Waals surface area contributed by atoms with Crippen LogP contribution in [0.15, 0.2) is 29.2 Å². The molecule has 1 fully saturated rings. The second kappa shape index (κ2) is 3.84. The lowest BCUT2D eigenvalue weighted by Gasteiger charge is -2.09. The Morgan fingerprint density at radius 2 is 2.40 bits per heavy atom. The van der Waals surface area contributed by atoms with Gasteiger partial charge in [0.1, 0.15) is 15.9 Å². The van der Waals surface area contributed by atoms with E-state index in [1.165, 1.54) is 0 Å². The fourth-order valence-electron chi connectivity index (χ4n) is 1.13. The van der Waals surface area contributed by atoms with Gasteiger partial charge in [-0.3, -0.25) is 4.18 Å². The highest BCUT2D eigenvalue weighted by Crippen LogP contribution is 2.18. The molecule has 1 aliphatic heterocycles. The normalized spacial score (nSPS) is 23.3. The largest absolute Gasteiger partial charge is 0.399 e. The number of nitrogen functional groups attached to an aromatic ring is 1. The minimum Gasteiger partial charge on any atom is -0.399 e. The predicted octanol–water partition coefficient (Wildman–Crippen LogP) is 0.674. The molecule has 0 radical (unpaired) electrons. The van der Waals surface area contributed by atoms with Crippen LogP contribution in [0.25, 0.3) is 0 Å². The van der Waals surface area contributed by atoms with E-state index in [0.29, 0.717) is 23.8 Å². The zero-order valence-corrected chi connectivity index (χ0v) is 9.03. The Balaban J connectivity index is 2.12. The number of anilines is 1. The first-order valence-corrected chi connectivity index (χ1v) is 6.22. The first-order chi connectivity index (χ1) is 7.08. The second-order valence-corrected chi connectivity index (χ2v) is 5.36. The van der Waals surface area contributed by atoms with Gasteiger partial charge in [-0.05, 0) is 24.1 Å². The maximum Gasteiger partial charge on any atom is 0.106 e. The van der Waals surface area contributed by atoms with Gasteiger partial charge in [-0.25, -0.2) is 4.21 Å². The summed E-state index contributed by atoms with van der Waals surface area (Å²) in [5.41, 5.74) is 6.14. The van der Waals surface area contributed by atoms with Crippen molar-refractivity contribution in [3.63, 3.8) is 0 Å². The number of epoxide rings is 1. The smallest absolute Gasteiger partial charge is 0.106 e. The standard InChI is InChI=1S/C10H13NO3S/c1-15(12,14-7-9-6-13-9)10-4-2-3-8(11)5-10/h2-5,9H,1,6-7,11H2. The van der Waals surface area contributed by atoms with Gasteiger partial charge in [0, 0.05) is 5.69 Å². The molecule has 1 saturated heterocycles. The van der Waals surface area contributed by atoms with Crippen LogP contribution in [-0.4, -0.2) is 29.4 Å². The zero-order valence-electron chi connectivity index (χ0n) is 8.22. The molecule has 4 nitrogen and oxygen atoms in total. The number of hydrogen-bond donors (Lipinski definition) is 1. The summed E-state index contributed by atoms with van der Waals surface area (Å²) in [4.78, 5) is 0.517. The van der Waals surface area contributed by atoms with E-state index in [0.717, 1.165) is 0 Å². The molecule has 0 bridgehead atoms. The SMILES string of the molecule is C=S(=O)(OCC1CO1)c1cccc(N)c1. The summed E-state index contributed by atoms with van der Waals surface area (Å²) in [6, 6.07) is 6.76. The second-order valence-electron chi connectivity index (χ2n) is 3.43. The molecule has 2 atom stereocenters. The number of hydrogen-bond acceptors (Lipinski definition) is 4. The van der Waals surface area contributed by atoms with Gasteiger partial charge in [0.25, 0.3) is 0 Å². The van der Waals surface area contributed by atoms with E-state index in [2.05, 4.69) is 5.87 Å². The Bertz CT molecular complexity index is 451. The zero-order chi connectivity index (χ0) is 10.9. The molecule has 1 aromatic carbocycles. The van der Waals surface area contributed by atoms with Crippen LogP contribution in [0.1, 0.15) is 0 Å². The molecular formula is C10H13NO3S. The van der Waals surface area contributed by atoms with Gasteiger partial charge in [-0.2, -0.15) is 0 Å². The van der Waals surface area contributed by atoms with Crippen molar-refractivity contribution in [1.29, 1.82) is 0 Å². The minimum absolute atomic E-state index is 0.0774. The van der Waals surface area contributed by atoms with Crippen molar-refractivity contribution in [3.8, 4) is 0 Å². The summed E-state index contributed by atoms with van der Waals surface area (Å²) in [6.45, 7) is 0.990. The van der Waals surface area contributed by atoms with E-state index in [1.807, 2.05) is 0 Å². The lowest BCUT2D eigenvalue weighted by molar-refractivity contribution is 0.281. The number of benzene rings is 1. The van der Waals surface area contributed by atoms with Crippen LogP contribution in [0.3, 0.4) is 0 Å². The van der Waals surface area contributed by atoms with Crippen LogP contribution in [0, 0.1) is 0 Å². The van der Waals surface area contributed by atoms with Crippen molar-refractivity contribution in [2.45, 2.75) is 11.0 Å². The first-order valence-electron chi connectivity index (χ1n) is 4.57. The first kappa shape index (κ1) is 10.5. The van der Waals surface area contributed by atoms with Crippen LogP contribution < -0.4 is 5.73 Å². The molecule has 0 aromatic heterocycles. The fraction of sp³-hybridized carbons (Fsp3) is 0.300. The minimum atomic E-state index is -2.70. The summed E-state index contributed by atoms with van der Waals surface area (Å²) in [5, 5.41) is 0. The van der Waals surface area contributed by atoms with Crippen molar-refractivity contribution >= 4 is 21.4 Å². The molecule has 5 heteroatoms. The molecule has 15 heavy (non-hydrogen) atoms. The van der Waals surface area contributed by atoms with Crippen LogP contribution in [0.4, 0.5) is 5.69 Å². The molecule has 2 unspecified atom stereocenters. The monoisotopic (exact) mass is 227 g/mol. The number of nitrogens with two attached hydrogens (primary N) is 1. The van der Waals surface area contributed by atoms with Crippen LogP contribution in [-0.2, 0) is 18.7 Å². The molecular weight excluding hydrogens is 214 g/mol. The van der Waals surface area contributed by atoms with E-state index >= 15 is 0 Å². The number of ether oxygens (including phenoxy) is 1. The van der Waals surface area contributed by atoms with Gasteiger partial charge >= 0.3 is 0 Å². The molecule has 0 saturated carbocycles. The summed E-state index contributed by atoms with van der Waals surface area (Å²) in [7, 11) is -2.70. The highest BCUT2D eigenvalue weighted by Gasteiger charge is 2.24. The topological polar surface area (TPSA) is 64.8 Å². The Labute approximate surface area is 89.2 Å². The average molecular weight is 227 g/mol. The third-order valence-corrected chi connectivity index (χ3v) is 3.55. The summed E-state index contributed by atoms with van der Waals surface area (Å²) in [6.07, 6.45) is 0.0774. The Morgan fingerprint density at radius 3 is 3.00 bits per heavy atom. The van der Waals surface area contributed by atoms with E-state index in [9.17, 15) is 4.21 Å². The lowest BCUT2D eigenvalue weighted by Crippen LogP contribution is -2.10. The van der Waals surface area contributed by atoms with Crippen LogP contribution >= 0.6 is 0 Å². The van der Waals surface area contributed by atoms with E-state index in [-0.39, 0.29) is 6.10 Å². The molecule has 2 rings (SSSR count). The molecule has 2 N–H and O–H groups in total.